The molecule has 1 aliphatic heterocycles. The maximum absolute atomic E-state index is 13.4. The Balaban J connectivity index is 1.64. The maximum Gasteiger partial charge on any atom is 0.326 e. The van der Waals surface area contributed by atoms with Crippen LogP contribution >= 0.6 is 11.8 Å². The summed E-state index contributed by atoms with van der Waals surface area (Å²) in [6, 6.07) is 23.4. The van der Waals surface area contributed by atoms with Crippen molar-refractivity contribution in [1.29, 1.82) is 0 Å². The summed E-state index contributed by atoms with van der Waals surface area (Å²) in [7, 11) is 0. The van der Waals surface area contributed by atoms with Crippen molar-refractivity contribution in [1.82, 2.24) is 15.5 Å². The number of hydrogen-bond donors (Lipinski definition) is 1. The first-order valence-electron chi connectivity index (χ1n) is 11.4. The quantitative estimate of drug-likeness (QED) is 0.318. The van der Waals surface area contributed by atoms with Gasteiger partial charge in [0.1, 0.15) is 0 Å². The van der Waals surface area contributed by atoms with Gasteiger partial charge in [0.25, 0.3) is 5.89 Å². The Labute approximate surface area is 209 Å². The number of hydrogen-bond acceptors (Lipinski definition) is 5. The largest absolute Gasteiger partial charge is 0.334 e. The number of rotatable bonds is 5. The molecule has 6 nitrogen and oxygen atoms in total. The van der Waals surface area contributed by atoms with Crippen LogP contribution < -0.4 is 10.2 Å². The molecule has 1 unspecified atom stereocenters. The molecule has 4 aromatic rings. The van der Waals surface area contributed by atoms with Gasteiger partial charge in [0, 0.05) is 16.2 Å². The molecule has 1 aliphatic rings. The third kappa shape index (κ3) is 4.47. The molecule has 0 spiro atoms. The van der Waals surface area contributed by atoms with E-state index in [1.54, 1.807) is 16.7 Å². The van der Waals surface area contributed by atoms with Crippen LogP contribution in [0.5, 0.6) is 0 Å². The van der Waals surface area contributed by atoms with Gasteiger partial charge >= 0.3 is 6.03 Å². The monoisotopic (exact) mass is 482 g/mol. The second-order valence-corrected chi connectivity index (χ2v) is 9.50. The number of nitrogens with one attached hydrogen (secondary N) is 1. The van der Waals surface area contributed by atoms with E-state index in [0.29, 0.717) is 11.7 Å². The van der Waals surface area contributed by atoms with Crippen LogP contribution in [-0.4, -0.2) is 22.4 Å². The molecule has 35 heavy (non-hydrogen) atoms. The van der Waals surface area contributed by atoms with Crippen LogP contribution in [0.1, 0.15) is 35.5 Å². The topological polar surface area (TPSA) is 71.3 Å². The van der Waals surface area contributed by atoms with Crippen molar-refractivity contribution < 1.29 is 9.32 Å². The van der Waals surface area contributed by atoms with Crippen molar-refractivity contribution in [3.63, 3.8) is 0 Å². The zero-order chi connectivity index (χ0) is 24.5. The Kier molecular flexibility index (Phi) is 6.17. The molecular formula is C28H26N4O2S. The van der Waals surface area contributed by atoms with E-state index in [2.05, 4.69) is 10.5 Å². The molecule has 176 valence electrons. The number of nitrogens with zero attached hydrogens (tertiary/aromatic N) is 3. The highest BCUT2D eigenvalue weighted by Gasteiger charge is 2.36. The summed E-state index contributed by atoms with van der Waals surface area (Å²) in [5.41, 5.74) is 6.39. The van der Waals surface area contributed by atoms with E-state index in [1.807, 2.05) is 99.8 Å². The fraction of sp³-hybridized carbons (Fsp3) is 0.179. The number of allylic oxidation sites excluding steroid dienone is 1. The molecule has 0 fully saturated rings. The molecule has 5 rings (SSSR count). The highest BCUT2D eigenvalue weighted by molar-refractivity contribution is 7.98. The summed E-state index contributed by atoms with van der Waals surface area (Å²) < 4.78 is 5.80. The lowest BCUT2D eigenvalue weighted by Crippen LogP contribution is -2.46. The Morgan fingerprint density at radius 1 is 0.943 bits per heavy atom. The van der Waals surface area contributed by atoms with Crippen molar-refractivity contribution in [2.75, 3.05) is 11.2 Å². The molecule has 3 aromatic carbocycles. The van der Waals surface area contributed by atoms with Crippen molar-refractivity contribution in [2.24, 2.45) is 0 Å². The zero-order valence-electron chi connectivity index (χ0n) is 20.1. The molecular weight excluding hydrogens is 456 g/mol. The van der Waals surface area contributed by atoms with Gasteiger partial charge in [-0.15, -0.1) is 11.8 Å². The third-order valence-electron chi connectivity index (χ3n) is 6.16. The normalized spacial score (nSPS) is 15.9. The predicted octanol–water partition coefficient (Wildman–Crippen LogP) is 6.78. The number of urea groups is 1. The first kappa shape index (κ1) is 22.9. The lowest BCUT2D eigenvalue weighted by molar-refractivity contribution is 0.244. The molecule has 0 bridgehead atoms. The average Bonchev–Trinajstić information content (AvgIpc) is 3.34. The van der Waals surface area contributed by atoms with Gasteiger partial charge in [0.2, 0.25) is 5.82 Å². The molecule has 1 atom stereocenters. The number of carbonyl (C=O) groups is 1. The van der Waals surface area contributed by atoms with E-state index in [-0.39, 0.29) is 6.03 Å². The van der Waals surface area contributed by atoms with E-state index in [9.17, 15) is 4.79 Å². The van der Waals surface area contributed by atoms with Crippen LogP contribution in [0.2, 0.25) is 0 Å². The summed E-state index contributed by atoms with van der Waals surface area (Å²) in [5, 5.41) is 7.43. The fourth-order valence-electron chi connectivity index (χ4n) is 4.31. The van der Waals surface area contributed by atoms with Gasteiger partial charge in [-0.25, -0.2) is 4.79 Å². The number of aromatic nitrogens is 2. The van der Waals surface area contributed by atoms with E-state index in [4.69, 9.17) is 9.51 Å². The highest BCUT2D eigenvalue weighted by Crippen LogP contribution is 2.39. The minimum atomic E-state index is -0.421. The SMILES string of the molecule is CSc1ccc(N2C(=O)NC(c3ccc(C)cc3)C(c3nc(-c4cccc(C)c4)no3)=C2C)cc1. The van der Waals surface area contributed by atoms with Crippen molar-refractivity contribution in [2.45, 2.75) is 31.7 Å². The number of aryl methyl sites for hydroxylation is 2. The van der Waals surface area contributed by atoms with Crippen LogP contribution in [0.25, 0.3) is 17.0 Å². The number of anilines is 1. The van der Waals surface area contributed by atoms with Gasteiger partial charge in [-0.2, -0.15) is 4.98 Å². The first-order chi connectivity index (χ1) is 16.9. The zero-order valence-corrected chi connectivity index (χ0v) is 20.9. The molecule has 0 aliphatic carbocycles. The lowest BCUT2D eigenvalue weighted by atomic mass is 9.94. The lowest BCUT2D eigenvalue weighted by Gasteiger charge is -2.35. The molecule has 0 radical (unpaired) electrons. The minimum Gasteiger partial charge on any atom is -0.334 e. The number of amides is 2. The van der Waals surface area contributed by atoms with Crippen molar-refractivity contribution >= 4 is 29.1 Å². The van der Waals surface area contributed by atoms with E-state index >= 15 is 0 Å². The van der Waals surface area contributed by atoms with Gasteiger partial charge in [0.05, 0.1) is 17.3 Å². The van der Waals surface area contributed by atoms with Crippen LogP contribution in [-0.2, 0) is 0 Å². The summed E-state index contributed by atoms with van der Waals surface area (Å²) in [6.45, 7) is 5.99. The molecule has 0 saturated heterocycles. The van der Waals surface area contributed by atoms with Gasteiger partial charge in [-0.1, -0.05) is 58.7 Å². The van der Waals surface area contributed by atoms with E-state index in [1.165, 1.54) is 0 Å². The van der Waals surface area contributed by atoms with Gasteiger partial charge in [-0.05, 0) is 62.9 Å². The van der Waals surface area contributed by atoms with Crippen LogP contribution in [0.3, 0.4) is 0 Å². The van der Waals surface area contributed by atoms with Crippen LogP contribution in [0.4, 0.5) is 10.5 Å². The smallest absolute Gasteiger partial charge is 0.326 e. The minimum absolute atomic E-state index is 0.202. The van der Waals surface area contributed by atoms with Gasteiger partial charge in [-0.3, -0.25) is 4.90 Å². The van der Waals surface area contributed by atoms with E-state index in [0.717, 1.165) is 44.1 Å². The summed E-state index contributed by atoms with van der Waals surface area (Å²) >= 11 is 1.66. The summed E-state index contributed by atoms with van der Waals surface area (Å²) in [5.74, 6) is 0.898. The predicted molar refractivity (Wildman–Crippen MR) is 140 cm³/mol. The Hall–Kier alpha value is -3.84. The highest BCUT2D eigenvalue weighted by atomic mass is 32.2. The number of carbonyl (C=O) groups excluding carboxylic acids is 1. The Bertz CT molecular complexity index is 1410. The summed E-state index contributed by atoms with van der Waals surface area (Å²) in [4.78, 5) is 20.9. The number of benzene rings is 3. The fourth-order valence-corrected chi connectivity index (χ4v) is 4.71. The van der Waals surface area contributed by atoms with Crippen molar-refractivity contribution in [3.8, 4) is 11.4 Å². The maximum atomic E-state index is 13.4. The molecule has 2 heterocycles. The van der Waals surface area contributed by atoms with E-state index < -0.39 is 6.04 Å². The van der Waals surface area contributed by atoms with Crippen LogP contribution in [0, 0.1) is 13.8 Å². The Morgan fingerprint density at radius 3 is 2.37 bits per heavy atom. The first-order valence-corrected chi connectivity index (χ1v) is 12.6. The number of thioether (sulfide) groups is 1. The van der Waals surface area contributed by atoms with Gasteiger partial charge < -0.3 is 9.84 Å². The molecule has 7 heteroatoms. The molecule has 1 aromatic heterocycles. The molecule has 2 amide bonds. The summed E-state index contributed by atoms with van der Waals surface area (Å²) in [6.07, 6.45) is 2.03. The van der Waals surface area contributed by atoms with Crippen LogP contribution in [0.15, 0.2) is 87.9 Å². The standard InChI is InChI=1S/C28H26N4O2S/c1-17-8-10-20(11-9-17)25-24(27-30-26(31-34-27)21-7-5-6-18(2)16-21)19(3)32(28(33)29-25)22-12-14-23(35-4)15-13-22/h5-16,25H,1-4H3,(H,29,33). The second kappa shape index (κ2) is 9.43. The molecule has 0 saturated carbocycles. The van der Waals surface area contributed by atoms with Crippen molar-refractivity contribution in [3.05, 3.63) is 101 Å². The Morgan fingerprint density at radius 2 is 1.69 bits per heavy atom. The molecule has 1 N–H and O–H groups in total. The average molecular weight is 483 g/mol. The van der Waals surface area contributed by atoms with Gasteiger partial charge in [0.15, 0.2) is 0 Å². The third-order valence-corrected chi connectivity index (χ3v) is 6.90. The second-order valence-electron chi connectivity index (χ2n) is 8.62.